The van der Waals surface area contributed by atoms with Crippen LogP contribution < -0.4 is 5.32 Å². The Balaban J connectivity index is 1.25. The monoisotopic (exact) mass is 480 g/mol. The maximum atomic E-state index is 12.8. The first kappa shape index (κ1) is 22.5. The molecule has 0 bridgehead atoms. The predicted molar refractivity (Wildman–Crippen MR) is 131 cm³/mol. The van der Waals surface area contributed by atoms with Gasteiger partial charge in [0.1, 0.15) is 0 Å². The summed E-state index contributed by atoms with van der Waals surface area (Å²) in [6.07, 6.45) is 2.71. The van der Waals surface area contributed by atoms with Crippen LogP contribution in [0.3, 0.4) is 0 Å². The average molecular weight is 481 g/mol. The van der Waals surface area contributed by atoms with E-state index in [1.54, 1.807) is 0 Å². The first-order valence-electron chi connectivity index (χ1n) is 12.5. The molecule has 3 aromatic rings. The summed E-state index contributed by atoms with van der Waals surface area (Å²) in [6, 6.07) is 6.16. The Morgan fingerprint density at radius 1 is 1.29 bits per heavy atom. The molecule has 2 aliphatic heterocycles. The van der Waals surface area contributed by atoms with Crippen molar-refractivity contribution in [3.63, 3.8) is 0 Å². The van der Waals surface area contributed by atoms with Crippen molar-refractivity contribution in [2.75, 3.05) is 18.5 Å². The normalized spacial score (nSPS) is 27.7. The zero-order valence-corrected chi connectivity index (χ0v) is 20.2. The van der Waals surface area contributed by atoms with Crippen molar-refractivity contribution in [1.29, 1.82) is 0 Å². The fourth-order valence-corrected chi connectivity index (χ4v) is 6.18. The molecule has 2 fully saturated rings. The molecule has 5 heterocycles. The molecule has 1 saturated carbocycles. The molecule has 3 unspecified atom stereocenters. The van der Waals surface area contributed by atoms with Gasteiger partial charge in [-0.25, -0.2) is 23.3 Å². The van der Waals surface area contributed by atoms with Gasteiger partial charge in [-0.3, -0.25) is 4.99 Å². The van der Waals surface area contributed by atoms with Gasteiger partial charge in [-0.2, -0.15) is 0 Å². The Morgan fingerprint density at radius 3 is 2.94 bits per heavy atom. The third-order valence-electron chi connectivity index (χ3n) is 8.43. The van der Waals surface area contributed by atoms with E-state index in [4.69, 9.17) is 14.8 Å². The maximum absolute atomic E-state index is 12.8. The smallest absolute Gasteiger partial charge is 0.241 e. The number of hydrogen-bond donors (Lipinski definition) is 1. The summed E-state index contributed by atoms with van der Waals surface area (Å²) in [5.41, 5.74) is 5.10. The summed E-state index contributed by atoms with van der Waals surface area (Å²) >= 11 is 0. The second-order valence-corrected chi connectivity index (χ2v) is 10.2. The molecule has 184 valence electrons. The minimum absolute atomic E-state index is 0.159. The molecule has 3 aromatic heterocycles. The molecule has 0 amide bonds. The molecule has 5 atom stereocenters. The third-order valence-corrected chi connectivity index (χ3v) is 8.43. The van der Waals surface area contributed by atoms with E-state index in [1.165, 1.54) is 0 Å². The number of nitrogens with zero attached hydrogens (tertiary/aromatic N) is 5. The molecule has 1 aliphatic carbocycles. The van der Waals surface area contributed by atoms with Crippen LogP contribution in [-0.4, -0.2) is 51.0 Å². The highest BCUT2D eigenvalue weighted by molar-refractivity contribution is 5.96. The van der Waals surface area contributed by atoms with Crippen molar-refractivity contribution in [2.45, 2.75) is 58.4 Å². The topological polar surface area (TPSA) is 76.7 Å². The average Bonchev–Trinajstić information content (AvgIpc) is 3.25. The van der Waals surface area contributed by atoms with Crippen LogP contribution in [0.15, 0.2) is 35.6 Å². The van der Waals surface area contributed by atoms with Crippen LogP contribution in [-0.2, 0) is 4.74 Å². The number of fused-ring (bicyclic) bond motifs is 3. The van der Waals surface area contributed by atoms with Gasteiger partial charge < -0.3 is 10.1 Å². The predicted octanol–water partition coefficient (Wildman–Crippen LogP) is 5.50. The summed E-state index contributed by atoms with van der Waals surface area (Å²) in [5.74, 6) is 1.54. The van der Waals surface area contributed by atoms with Crippen LogP contribution in [0.2, 0.25) is 0 Å². The number of pyridine rings is 1. The van der Waals surface area contributed by atoms with E-state index in [-0.39, 0.29) is 17.8 Å². The number of alkyl halides is 2. The lowest BCUT2D eigenvalue weighted by Crippen LogP contribution is -2.26. The highest BCUT2D eigenvalue weighted by atomic mass is 19.3. The Morgan fingerprint density at radius 2 is 2.14 bits per heavy atom. The lowest BCUT2D eigenvalue weighted by molar-refractivity contribution is 0.124. The highest BCUT2D eigenvalue weighted by Gasteiger charge is 2.70. The van der Waals surface area contributed by atoms with Crippen LogP contribution in [0.1, 0.15) is 51.6 Å². The van der Waals surface area contributed by atoms with E-state index in [9.17, 15) is 8.78 Å². The number of halogens is 2. The standard InChI is InChI=1S/C26H30F2N6O/c1-4-14(2)26-13-35-12-18(26)24(26)32-25-29-11-21-17(9-10-34(21)33-25)19-6-7-20-23(31-19)16(15(3)30-20)5-8-22(27)28/h6-7,9-11,14,16,18,22,24H,4-5,8,12-13H2,1-3H3,(H,32,33)/t14?,16?,18?,24-,26-/m0/s1. The summed E-state index contributed by atoms with van der Waals surface area (Å²) < 4.78 is 33.3. The maximum Gasteiger partial charge on any atom is 0.241 e. The van der Waals surface area contributed by atoms with Gasteiger partial charge in [0.25, 0.3) is 0 Å². The van der Waals surface area contributed by atoms with Gasteiger partial charge in [0.05, 0.1) is 42.0 Å². The first-order chi connectivity index (χ1) is 16.9. The lowest BCUT2D eigenvalue weighted by atomic mass is 9.87. The van der Waals surface area contributed by atoms with Crippen LogP contribution in [0, 0.1) is 17.3 Å². The van der Waals surface area contributed by atoms with Crippen LogP contribution in [0.25, 0.3) is 16.8 Å². The van der Waals surface area contributed by atoms with Gasteiger partial charge in [0, 0.05) is 47.2 Å². The van der Waals surface area contributed by atoms with Gasteiger partial charge in [0.2, 0.25) is 12.4 Å². The quantitative estimate of drug-likeness (QED) is 0.461. The molecule has 7 nitrogen and oxygen atoms in total. The molecule has 35 heavy (non-hydrogen) atoms. The summed E-state index contributed by atoms with van der Waals surface area (Å²) in [5, 5.41) is 8.28. The van der Waals surface area contributed by atoms with Crippen molar-refractivity contribution in [3.8, 4) is 11.3 Å². The van der Waals surface area contributed by atoms with Gasteiger partial charge in [-0.05, 0) is 37.5 Å². The van der Waals surface area contributed by atoms with Crippen LogP contribution >= 0.6 is 0 Å². The Hall–Kier alpha value is -2.94. The molecule has 6 rings (SSSR count). The van der Waals surface area contributed by atoms with E-state index in [0.717, 1.165) is 53.5 Å². The number of ether oxygens (including phenoxy) is 1. The lowest BCUT2D eigenvalue weighted by Gasteiger charge is -2.21. The van der Waals surface area contributed by atoms with Crippen molar-refractivity contribution in [1.82, 2.24) is 19.6 Å². The molecule has 0 aromatic carbocycles. The largest absolute Gasteiger partial charge is 0.380 e. The second kappa shape index (κ2) is 8.33. The summed E-state index contributed by atoms with van der Waals surface area (Å²) in [7, 11) is 0. The molecule has 0 spiro atoms. The van der Waals surface area contributed by atoms with E-state index in [1.807, 2.05) is 42.0 Å². The summed E-state index contributed by atoms with van der Waals surface area (Å²) in [6.45, 7) is 8.02. The molecular formula is C26H30F2N6O. The zero-order valence-electron chi connectivity index (χ0n) is 20.2. The number of aromatic nitrogens is 4. The Bertz CT molecular complexity index is 1310. The van der Waals surface area contributed by atoms with Crippen molar-refractivity contribution < 1.29 is 13.5 Å². The number of hydrogen-bond acceptors (Lipinski definition) is 6. The minimum atomic E-state index is -2.33. The zero-order chi connectivity index (χ0) is 24.3. The van der Waals surface area contributed by atoms with E-state index < -0.39 is 6.43 Å². The van der Waals surface area contributed by atoms with E-state index >= 15 is 0 Å². The van der Waals surface area contributed by atoms with Crippen LogP contribution in [0.4, 0.5) is 20.4 Å². The van der Waals surface area contributed by atoms with E-state index in [0.29, 0.717) is 30.2 Å². The molecule has 9 heteroatoms. The third kappa shape index (κ3) is 3.54. The van der Waals surface area contributed by atoms with Crippen LogP contribution in [0.5, 0.6) is 0 Å². The number of nitrogens with one attached hydrogen (secondary N) is 1. The molecule has 3 aliphatic rings. The van der Waals surface area contributed by atoms with Gasteiger partial charge >= 0.3 is 0 Å². The Labute approximate surface area is 203 Å². The van der Waals surface area contributed by atoms with Crippen molar-refractivity contribution in [3.05, 3.63) is 36.3 Å². The minimum Gasteiger partial charge on any atom is -0.380 e. The SMILES string of the molecule is CCC(C)[C@@]12COCC1[C@@H]2Nc1ncc2c(-c3ccc4c(n3)C(CCC(F)F)C(C)=N4)ccn2n1. The number of rotatable bonds is 8. The molecule has 1 N–H and O–H groups in total. The second-order valence-electron chi connectivity index (χ2n) is 10.2. The first-order valence-corrected chi connectivity index (χ1v) is 12.5. The fourth-order valence-electron chi connectivity index (χ4n) is 6.18. The molecule has 0 radical (unpaired) electrons. The van der Waals surface area contributed by atoms with Gasteiger partial charge in [-0.15, -0.1) is 5.10 Å². The molecule has 1 saturated heterocycles. The molecular weight excluding hydrogens is 450 g/mol. The Kier molecular flexibility index (Phi) is 5.36. The summed E-state index contributed by atoms with van der Waals surface area (Å²) in [4.78, 5) is 14.0. The number of aliphatic imine (C=N–C) groups is 1. The van der Waals surface area contributed by atoms with Crippen molar-refractivity contribution in [2.24, 2.45) is 22.2 Å². The highest BCUT2D eigenvalue weighted by Crippen LogP contribution is 2.63. The van der Waals surface area contributed by atoms with Crippen molar-refractivity contribution >= 4 is 22.9 Å². The number of anilines is 1. The van der Waals surface area contributed by atoms with E-state index in [2.05, 4.69) is 29.1 Å². The van der Waals surface area contributed by atoms with Gasteiger partial charge in [-0.1, -0.05) is 20.3 Å². The fraction of sp³-hybridized carbons (Fsp3) is 0.538. The van der Waals surface area contributed by atoms with Gasteiger partial charge in [0.15, 0.2) is 0 Å².